The lowest BCUT2D eigenvalue weighted by atomic mass is 10.0. The summed E-state index contributed by atoms with van der Waals surface area (Å²) in [5.74, 6) is 0.312. The van der Waals surface area contributed by atoms with E-state index in [-0.39, 0.29) is 29.8 Å². The molecule has 36 heavy (non-hydrogen) atoms. The zero-order chi connectivity index (χ0) is 25.3. The lowest BCUT2D eigenvalue weighted by Crippen LogP contribution is -2.44. The number of carbonyl (C=O) groups excluding carboxylic acids is 2. The van der Waals surface area contributed by atoms with E-state index in [0.29, 0.717) is 62.8 Å². The highest BCUT2D eigenvalue weighted by molar-refractivity contribution is 6.30. The number of benzene rings is 1. The number of β-amino-alcohol motifs (C(OH)–C–C–N with tert-alkyl or cyclic N) is 1. The number of fused-ring (bicyclic) bond motifs is 1. The smallest absolute Gasteiger partial charge is 0.410 e. The molecule has 0 radical (unpaired) electrons. The number of nitrogens with zero attached hydrogens (tertiary/aromatic N) is 3. The molecule has 0 spiro atoms. The Balaban J connectivity index is 1.31. The summed E-state index contributed by atoms with van der Waals surface area (Å²) < 4.78 is 11.6. The molecule has 3 fully saturated rings. The van der Waals surface area contributed by atoms with Crippen LogP contribution in [-0.2, 0) is 17.8 Å². The highest BCUT2D eigenvalue weighted by Crippen LogP contribution is 2.31. The van der Waals surface area contributed by atoms with E-state index in [0.717, 1.165) is 17.7 Å². The minimum absolute atomic E-state index is 0.0114. The summed E-state index contributed by atoms with van der Waals surface area (Å²) in [5, 5.41) is 13.9. The number of aliphatic hydroxyl groups is 1. The number of likely N-dealkylation sites (tertiary alicyclic amines) is 1. The Morgan fingerprint density at radius 2 is 2.14 bits per heavy atom. The van der Waals surface area contributed by atoms with E-state index >= 15 is 0 Å². The number of nitrogens with one attached hydrogen (secondary N) is 1. The highest BCUT2D eigenvalue weighted by atomic mass is 35.5. The minimum Gasteiger partial charge on any atom is -0.490 e. The third-order valence-electron chi connectivity index (χ3n) is 7.06. The number of cyclic esters (lactones) is 1. The van der Waals surface area contributed by atoms with Gasteiger partial charge in [0.2, 0.25) is 0 Å². The van der Waals surface area contributed by atoms with Crippen LogP contribution in [-0.4, -0.2) is 75.9 Å². The van der Waals surface area contributed by atoms with Crippen LogP contribution >= 0.6 is 11.6 Å². The van der Waals surface area contributed by atoms with Gasteiger partial charge in [-0.15, -0.1) is 0 Å². The molecule has 3 atom stereocenters. The molecule has 1 aromatic heterocycles. The lowest BCUT2D eigenvalue weighted by molar-refractivity contribution is 0.0670. The largest absolute Gasteiger partial charge is 0.490 e. The van der Waals surface area contributed by atoms with Crippen molar-refractivity contribution in [3.05, 3.63) is 58.4 Å². The standard InChI is InChI=1S/C26H31ClN4O5/c1-26(34)7-9-30(16-26)14-18-13-28-22(24(32)29-12-17-2-4-19(27)5-3-17)11-23(18)36-21-6-8-31-20(10-21)15-35-25(31)33/h2-5,11,13,20-21,34H,6-10,12,14-16H2,1H3,(H,29,32)/t20-,21-,26?/m0/s1. The summed E-state index contributed by atoms with van der Waals surface area (Å²) in [5.41, 5.74) is 1.36. The Bertz CT molecular complexity index is 1130. The Morgan fingerprint density at radius 1 is 1.33 bits per heavy atom. The van der Waals surface area contributed by atoms with Gasteiger partial charge in [-0.3, -0.25) is 14.7 Å². The van der Waals surface area contributed by atoms with Gasteiger partial charge in [-0.05, 0) is 31.0 Å². The first-order valence-corrected chi connectivity index (χ1v) is 12.7. The van der Waals surface area contributed by atoms with E-state index in [9.17, 15) is 14.7 Å². The van der Waals surface area contributed by atoms with Crippen molar-refractivity contribution in [2.24, 2.45) is 0 Å². The third kappa shape index (κ3) is 5.74. The number of carbonyl (C=O) groups is 2. The third-order valence-corrected chi connectivity index (χ3v) is 7.31. The van der Waals surface area contributed by atoms with Gasteiger partial charge < -0.3 is 24.8 Å². The fourth-order valence-electron chi connectivity index (χ4n) is 5.06. The summed E-state index contributed by atoms with van der Waals surface area (Å²) >= 11 is 5.94. The average Bonchev–Trinajstić information content (AvgIpc) is 3.40. The zero-order valence-electron chi connectivity index (χ0n) is 20.3. The molecule has 1 aromatic carbocycles. The summed E-state index contributed by atoms with van der Waals surface area (Å²) in [6.07, 6.45) is 3.39. The number of rotatable bonds is 7. The Morgan fingerprint density at radius 3 is 2.89 bits per heavy atom. The fourth-order valence-corrected chi connectivity index (χ4v) is 5.18. The second-order valence-corrected chi connectivity index (χ2v) is 10.6. The second-order valence-electron chi connectivity index (χ2n) is 10.1. The molecule has 9 nitrogen and oxygen atoms in total. The van der Waals surface area contributed by atoms with E-state index in [2.05, 4.69) is 15.2 Å². The average molecular weight is 515 g/mol. The second kappa shape index (κ2) is 10.2. The number of piperidine rings is 1. The maximum atomic E-state index is 12.9. The van der Waals surface area contributed by atoms with Crippen LogP contribution in [0.5, 0.6) is 5.75 Å². The normalized spacial score (nSPS) is 26.0. The van der Waals surface area contributed by atoms with Gasteiger partial charge in [-0.25, -0.2) is 4.79 Å². The minimum atomic E-state index is -0.711. The molecular formula is C26H31ClN4O5. The number of ether oxygens (including phenoxy) is 2. The van der Waals surface area contributed by atoms with E-state index < -0.39 is 5.60 Å². The Hall–Kier alpha value is -2.88. The molecule has 0 saturated carbocycles. The van der Waals surface area contributed by atoms with Crippen molar-refractivity contribution in [3.63, 3.8) is 0 Å². The van der Waals surface area contributed by atoms with Crippen molar-refractivity contribution in [1.29, 1.82) is 0 Å². The molecule has 2 aromatic rings. The van der Waals surface area contributed by atoms with E-state index in [1.165, 1.54) is 0 Å². The first kappa shape index (κ1) is 24.8. The van der Waals surface area contributed by atoms with Crippen LogP contribution in [0.3, 0.4) is 0 Å². The van der Waals surface area contributed by atoms with Crippen LogP contribution in [0.25, 0.3) is 0 Å². The van der Waals surface area contributed by atoms with Crippen LogP contribution in [0, 0.1) is 0 Å². The SMILES string of the molecule is CC1(O)CCN(Cc2cnc(C(=O)NCc3ccc(Cl)cc3)cc2O[C@H]2CCN3C(=O)OC[C@@H]3C2)C1. The summed E-state index contributed by atoms with van der Waals surface area (Å²) in [4.78, 5) is 33.1. The number of halogens is 1. The summed E-state index contributed by atoms with van der Waals surface area (Å²) in [6, 6.07) is 9.00. The molecule has 192 valence electrons. The highest BCUT2D eigenvalue weighted by Gasteiger charge is 2.39. The fraction of sp³-hybridized carbons (Fsp3) is 0.500. The maximum absolute atomic E-state index is 12.9. The van der Waals surface area contributed by atoms with Crippen LogP contribution in [0.1, 0.15) is 47.8 Å². The summed E-state index contributed by atoms with van der Waals surface area (Å²) in [6.45, 7) is 5.06. The van der Waals surface area contributed by atoms with Gasteiger partial charge in [0.1, 0.15) is 24.2 Å². The predicted molar refractivity (Wildman–Crippen MR) is 133 cm³/mol. The molecule has 10 heteroatoms. The molecule has 1 unspecified atom stereocenters. The number of aromatic nitrogens is 1. The number of hydrogen-bond acceptors (Lipinski definition) is 7. The van der Waals surface area contributed by atoms with Gasteiger partial charge in [0.05, 0.1) is 11.6 Å². The van der Waals surface area contributed by atoms with E-state index in [1.54, 1.807) is 29.3 Å². The van der Waals surface area contributed by atoms with Crippen molar-refractivity contribution < 1.29 is 24.2 Å². The molecule has 2 amide bonds. The van der Waals surface area contributed by atoms with Crippen LogP contribution in [0.2, 0.25) is 5.02 Å². The zero-order valence-corrected chi connectivity index (χ0v) is 21.0. The van der Waals surface area contributed by atoms with Gasteiger partial charge in [0.25, 0.3) is 5.91 Å². The molecular weight excluding hydrogens is 484 g/mol. The van der Waals surface area contributed by atoms with Gasteiger partial charge >= 0.3 is 6.09 Å². The molecule has 4 heterocycles. The molecule has 3 aliphatic rings. The van der Waals surface area contributed by atoms with Crippen LogP contribution < -0.4 is 10.1 Å². The van der Waals surface area contributed by atoms with Crippen LogP contribution in [0.15, 0.2) is 36.5 Å². The van der Waals surface area contributed by atoms with Gasteiger partial charge in [-0.2, -0.15) is 0 Å². The maximum Gasteiger partial charge on any atom is 0.410 e. The van der Waals surface area contributed by atoms with Crippen molar-refractivity contribution >= 4 is 23.6 Å². The van der Waals surface area contributed by atoms with Gasteiger partial charge in [0.15, 0.2) is 0 Å². The predicted octanol–water partition coefficient (Wildman–Crippen LogP) is 2.98. The number of amides is 2. The van der Waals surface area contributed by atoms with Crippen molar-refractivity contribution in [2.45, 2.75) is 57.0 Å². The van der Waals surface area contributed by atoms with Crippen molar-refractivity contribution in [1.82, 2.24) is 20.1 Å². The first-order chi connectivity index (χ1) is 17.3. The first-order valence-electron chi connectivity index (χ1n) is 12.3. The van der Waals surface area contributed by atoms with Gasteiger partial charge in [-0.1, -0.05) is 23.7 Å². The van der Waals surface area contributed by atoms with E-state index in [4.69, 9.17) is 21.1 Å². The molecule has 0 aliphatic carbocycles. The molecule has 0 bridgehead atoms. The van der Waals surface area contributed by atoms with Gasteiger partial charge in [0, 0.05) is 68.4 Å². The van der Waals surface area contributed by atoms with Crippen LogP contribution in [0.4, 0.5) is 4.79 Å². The number of pyridine rings is 1. The lowest BCUT2D eigenvalue weighted by Gasteiger charge is -2.33. The topological polar surface area (TPSA) is 104 Å². The van der Waals surface area contributed by atoms with E-state index in [1.807, 2.05) is 19.1 Å². The monoisotopic (exact) mass is 514 g/mol. The summed E-state index contributed by atoms with van der Waals surface area (Å²) in [7, 11) is 0. The van der Waals surface area contributed by atoms with Crippen molar-refractivity contribution in [2.75, 3.05) is 26.2 Å². The van der Waals surface area contributed by atoms with Crippen molar-refractivity contribution in [3.8, 4) is 5.75 Å². The molecule has 3 aliphatic heterocycles. The molecule has 3 saturated heterocycles. The quantitative estimate of drug-likeness (QED) is 0.585. The Labute approximate surface area is 215 Å². The Kier molecular flexibility index (Phi) is 7.05. The molecule has 5 rings (SSSR count). The number of hydrogen-bond donors (Lipinski definition) is 2. The molecule has 2 N–H and O–H groups in total.